The van der Waals surface area contributed by atoms with Gasteiger partial charge in [0.05, 0.1) is 11.3 Å². The molecule has 1 aliphatic heterocycles. The number of aryl methyl sites for hydroxylation is 1. The zero-order chi connectivity index (χ0) is 11.3. The van der Waals surface area contributed by atoms with Crippen LogP contribution < -0.4 is 4.90 Å². The minimum absolute atomic E-state index is 0.348. The predicted octanol–water partition coefficient (Wildman–Crippen LogP) is 1.93. The van der Waals surface area contributed by atoms with Crippen molar-refractivity contribution in [3.63, 3.8) is 0 Å². The molecule has 1 aliphatic carbocycles. The summed E-state index contributed by atoms with van der Waals surface area (Å²) >= 11 is 0. The number of fused-ring (bicyclic) bond motifs is 1. The van der Waals surface area contributed by atoms with Crippen LogP contribution in [0.15, 0.2) is 18.2 Å². The number of rotatable bonds is 2. The molecule has 0 bridgehead atoms. The highest BCUT2D eigenvalue weighted by Crippen LogP contribution is 2.36. The second kappa shape index (κ2) is 3.17. The molecule has 1 aromatic rings. The smallest absolute Gasteiger partial charge is 0.299 e. The zero-order valence-corrected chi connectivity index (χ0v) is 9.19. The third-order valence-corrected chi connectivity index (χ3v) is 3.26. The zero-order valence-electron chi connectivity index (χ0n) is 9.19. The molecule has 3 nitrogen and oxygen atoms in total. The van der Waals surface area contributed by atoms with E-state index < -0.39 is 0 Å². The van der Waals surface area contributed by atoms with E-state index in [4.69, 9.17) is 0 Å². The van der Waals surface area contributed by atoms with Crippen LogP contribution in [0.25, 0.3) is 0 Å². The molecule has 1 fully saturated rings. The summed E-state index contributed by atoms with van der Waals surface area (Å²) in [6, 6.07) is 5.64. The van der Waals surface area contributed by atoms with Gasteiger partial charge in [-0.3, -0.25) is 9.59 Å². The number of hydrogen-bond donors (Lipinski definition) is 0. The Labute approximate surface area is 94.1 Å². The van der Waals surface area contributed by atoms with Crippen molar-refractivity contribution in [3.05, 3.63) is 29.3 Å². The van der Waals surface area contributed by atoms with Crippen LogP contribution in [0.4, 0.5) is 5.69 Å². The molecular formula is C13H13NO2. The second-order valence-corrected chi connectivity index (χ2v) is 4.71. The van der Waals surface area contributed by atoms with Gasteiger partial charge >= 0.3 is 0 Å². The summed E-state index contributed by atoms with van der Waals surface area (Å²) in [7, 11) is 0. The lowest BCUT2D eigenvalue weighted by Crippen LogP contribution is -2.31. The Morgan fingerprint density at radius 2 is 2.06 bits per heavy atom. The summed E-state index contributed by atoms with van der Waals surface area (Å²) < 4.78 is 0. The highest BCUT2D eigenvalue weighted by atomic mass is 16.2. The lowest BCUT2D eigenvalue weighted by molar-refractivity contribution is -0.114. The maximum absolute atomic E-state index is 11.8. The molecule has 1 saturated carbocycles. The van der Waals surface area contributed by atoms with E-state index in [0.29, 0.717) is 18.0 Å². The van der Waals surface area contributed by atoms with Crippen LogP contribution in [0.2, 0.25) is 0 Å². The van der Waals surface area contributed by atoms with E-state index in [1.54, 1.807) is 4.90 Å². The van der Waals surface area contributed by atoms with E-state index in [0.717, 1.165) is 11.3 Å². The molecule has 0 spiro atoms. The monoisotopic (exact) mass is 215 g/mol. The van der Waals surface area contributed by atoms with Crippen molar-refractivity contribution < 1.29 is 9.59 Å². The number of benzene rings is 1. The summed E-state index contributed by atoms with van der Waals surface area (Å²) in [5.41, 5.74) is 2.39. The lowest BCUT2D eigenvalue weighted by Gasteiger charge is -2.15. The second-order valence-electron chi connectivity index (χ2n) is 4.71. The first kappa shape index (κ1) is 9.58. The van der Waals surface area contributed by atoms with Gasteiger partial charge in [-0.05, 0) is 37.8 Å². The van der Waals surface area contributed by atoms with Gasteiger partial charge in [-0.2, -0.15) is 0 Å². The molecule has 0 N–H and O–H groups in total. The molecule has 3 heteroatoms. The first-order chi connectivity index (χ1) is 7.66. The number of amides is 1. The van der Waals surface area contributed by atoms with Crippen LogP contribution in [0.1, 0.15) is 28.8 Å². The van der Waals surface area contributed by atoms with E-state index in [1.807, 2.05) is 25.1 Å². The van der Waals surface area contributed by atoms with Gasteiger partial charge in [0.15, 0.2) is 0 Å². The van der Waals surface area contributed by atoms with E-state index >= 15 is 0 Å². The average molecular weight is 215 g/mol. The van der Waals surface area contributed by atoms with Crippen LogP contribution in [-0.2, 0) is 4.79 Å². The van der Waals surface area contributed by atoms with Crippen LogP contribution in [0.3, 0.4) is 0 Å². The molecule has 3 rings (SSSR count). The standard InChI is InChI=1S/C13H13NO2/c1-8-2-5-11-10(6-8)12(15)13(16)14(11)7-9-3-4-9/h2,5-6,9H,3-4,7H2,1H3. The number of carbonyl (C=O) groups excluding carboxylic acids is 2. The average Bonchev–Trinajstić information content (AvgIpc) is 3.04. The van der Waals surface area contributed by atoms with Crippen LogP contribution in [0, 0.1) is 12.8 Å². The molecule has 2 aliphatic rings. The molecule has 0 unspecified atom stereocenters. The first-order valence-electron chi connectivity index (χ1n) is 5.63. The van der Waals surface area contributed by atoms with Crippen LogP contribution in [0.5, 0.6) is 0 Å². The molecular weight excluding hydrogens is 202 g/mol. The number of nitrogens with zero attached hydrogens (tertiary/aromatic N) is 1. The minimum atomic E-state index is -0.354. The summed E-state index contributed by atoms with van der Waals surface area (Å²) in [6.45, 7) is 2.64. The van der Waals surface area contributed by atoms with Crippen LogP contribution >= 0.6 is 0 Å². The molecule has 0 saturated heterocycles. The Hall–Kier alpha value is -1.64. The van der Waals surface area contributed by atoms with Crippen molar-refractivity contribution in [1.29, 1.82) is 0 Å². The Morgan fingerprint density at radius 3 is 2.75 bits per heavy atom. The van der Waals surface area contributed by atoms with Crippen molar-refractivity contribution in [2.75, 3.05) is 11.4 Å². The van der Waals surface area contributed by atoms with Gasteiger partial charge in [-0.25, -0.2) is 0 Å². The fourth-order valence-corrected chi connectivity index (χ4v) is 2.15. The Balaban J connectivity index is 2.02. The van der Waals surface area contributed by atoms with Gasteiger partial charge in [-0.15, -0.1) is 0 Å². The number of carbonyl (C=O) groups is 2. The Kier molecular flexibility index (Phi) is 1.90. The summed E-state index contributed by atoms with van der Waals surface area (Å²) in [6.07, 6.45) is 2.36. The van der Waals surface area contributed by atoms with Gasteiger partial charge in [0.25, 0.3) is 11.7 Å². The minimum Gasteiger partial charge on any atom is -0.304 e. The van der Waals surface area contributed by atoms with Crippen molar-refractivity contribution in [2.24, 2.45) is 5.92 Å². The molecule has 1 amide bonds. The molecule has 0 aromatic heterocycles. The van der Waals surface area contributed by atoms with E-state index in [2.05, 4.69) is 0 Å². The fraction of sp³-hybridized carbons (Fsp3) is 0.385. The summed E-state index contributed by atoms with van der Waals surface area (Å²) in [5, 5.41) is 0. The molecule has 82 valence electrons. The Bertz CT molecular complexity index is 489. The van der Waals surface area contributed by atoms with Gasteiger partial charge in [0.2, 0.25) is 0 Å². The molecule has 16 heavy (non-hydrogen) atoms. The number of anilines is 1. The Morgan fingerprint density at radius 1 is 1.31 bits per heavy atom. The SMILES string of the molecule is Cc1ccc2c(c1)C(=O)C(=O)N2CC1CC1. The number of Topliss-reactive ketones (excluding diaryl/α,β-unsaturated/α-hetero) is 1. The summed E-state index contributed by atoms with van der Waals surface area (Å²) in [4.78, 5) is 25.2. The topological polar surface area (TPSA) is 37.4 Å². The van der Waals surface area contributed by atoms with Gasteiger partial charge < -0.3 is 4.90 Å². The van der Waals surface area contributed by atoms with Gasteiger partial charge in [0, 0.05) is 6.54 Å². The number of ketones is 1. The fourth-order valence-electron chi connectivity index (χ4n) is 2.15. The van der Waals surface area contributed by atoms with Crippen molar-refractivity contribution >= 4 is 17.4 Å². The maximum Gasteiger partial charge on any atom is 0.299 e. The van der Waals surface area contributed by atoms with Crippen molar-refractivity contribution in [2.45, 2.75) is 19.8 Å². The summed E-state index contributed by atoms with van der Waals surface area (Å²) in [5.74, 6) is -0.101. The largest absolute Gasteiger partial charge is 0.304 e. The number of hydrogen-bond acceptors (Lipinski definition) is 2. The lowest BCUT2D eigenvalue weighted by atomic mass is 10.1. The van der Waals surface area contributed by atoms with E-state index in [1.165, 1.54) is 12.8 Å². The highest BCUT2D eigenvalue weighted by molar-refractivity contribution is 6.52. The van der Waals surface area contributed by atoms with Crippen LogP contribution in [-0.4, -0.2) is 18.2 Å². The molecule has 1 aromatic carbocycles. The normalized spacial score (nSPS) is 19.2. The predicted molar refractivity (Wildman–Crippen MR) is 60.6 cm³/mol. The molecule has 0 radical (unpaired) electrons. The molecule has 1 heterocycles. The first-order valence-corrected chi connectivity index (χ1v) is 5.63. The van der Waals surface area contributed by atoms with Crippen molar-refractivity contribution in [1.82, 2.24) is 0 Å². The van der Waals surface area contributed by atoms with Gasteiger partial charge in [0.1, 0.15) is 0 Å². The van der Waals surface area contributed by atoms with E-state index in [-0.39, 0.29) is 11.7 Å². The highest BCUT2D eigenvalue weighted by Gasteiger charge is 2.38. The quantitative estimate of drug-likeness (QED) is 0.707. The maximum atomic E-state index is 11.8. The third kappa shape index (κ3) is 1.35. The third-order valence-electron chi connectivity index (χ3n) is 3.26. The molecule has 0 atom stereocenters. The van der Waals surface area contributed by atoms with Crippen molar-refractivity contribution in [3.8, 4) is 0 Å². The van der Waals surface area contributed by atoms with Gasteiger partial charge in [-0.1, -0.05) is 11.6 Å². The van der Waals surface area contributed by atoms with E-state index in [9.17, 15) is 9.59 Å².